The lowest BCUT2D eigenvalue weighted by Crippen LogP contribution is -2.01. The molecule has 0 amide bonds. The van der Waals surface area contributed by atoms with Gasteiger partial charge in [0.15, 0.2) is 0 Å². The number of halogens is 1. The van der Waals surface area contributed by atoms with E-state index in [1.807, 2.05) is 24.3 Å². The van der Waals surface area contributed by atoms with Gasteiger partial charge >= 0.3 is 0 Å². The van der Waals surface area contributed by atoms with Gasteiger partial charge in [0.1, 0.15) is 0 Å². The molecular weight excluding hydrogens is 304 g/mol. The maximum atomic E-state index is 5.15. The van der Waals surface area contributed by atoms with Crippen LogP contribution in [0.1, 0.15) is 5.69 Å². The highest BCUT2D eigenvalue weighted by Crippen LogP contribution is 2.25. The first-order chi connectivity index (χ1) is 9.28. The predicted molar refractivity (Wildman–Crippen MR) is 79.5 cm³/mol. The van der Waals surface area contributed by atoms with Gasteiger partial charge in [-0.15, -0.1) is 0 Å². The molecule has 0 unspecified atom stereocenters. The molecule has 0 saturated carbocycles. The van der Waals surface area contributed by atoms with Crippen molar-refractivity contribution in [1.29, 1.82) is 0 Å². The van der Waals surface area contributed by atoms with Gasteiger partial charge in [-0.3, -0.25) is 0 Å². The minimum atomic E-state index is 0.648. The van der Waals surface area contributed by atoms with Crippen molar-refractivity contribution in [3.8, 4) is 5.88 Å². The first-order valence-electron chi connectivity index (χ1n) is 6.01. The van der Waals surface area contributed by atoms with E-state index in [4.69, 9.17) is 4.74 Å². The molecule has 0 spiro atoms. The molecule has 0 radical (unpaired) electrons. The summed E-state index contributed by atoms with van der Waals surface area (Å²) in [6.45, 7) is 0.733. The number of fused-ring (bicyclic) bond motifs is 1. The fourth-order valence-corrected chi connectivity index (χ4v) is 2.65. The van der Waals surface area contributed by atoms with Crippen molar-refractivity contribution in [3.63, 3.8) is 0 Å². The van der Waals surface area contributed by atoms with Crippen LogP contribution in [0.4, 0.5) is 0 Å². The normalized spacial score (nSPS) is 10.8. The van der Waals surface area contributed by atoms with Crippen molar-refractivity contribution < 1.29 is 4.74 Å². The summed E-state index contributed by atoms with van der Waals surface area (Å²) in [5.74, 6) is 0.648. The Balaban J connectivity index is 1.99. The van der Waals surface area contributed by atoms with Crippen LogP contribution in [0.3, 0.4) is 0 Å². The SMILES string of the molecule is COc1cccc(Cn2ccc3c(Br)cccc32)n1. The zero-order chi connectivity index (χ0) is 13.2. The van der Waals surface area contributed by atoms with Crippen LogP contribution in [-0.4, -0.2) is 16.7 Å². The van der Waals surface area contributed by atoms with E-state index >= 15 is 0 Å². The second-order valence-corrected chi connectivity index (χ2v) is 5.14. The first kappa shape index (κ1) is 12.2. The van der Waals surface area contributed by atoms with Crippen molar-refractivity contribution >= 4 is 26.8 Å². The van der Waals surface area contributed by atoms with Gasteiger partial charge in [-0.1, -0.05) is 28.1 Å². The van der Waals surface area contributed by atoms with Gasteiger partial charge in [0.2, 0.25) is 5.88 Å². The lowest BCUT2D eigenvalue weighted by atomic mass is 10.2. The molecule has 3 nitrogen and oxygen atoms in total. The van der Waals surface area contributed by atoms with Crippen LogP contribution in [0.15, 0.2) is 53.1 Å². The molecule has 0 aliphatic rings. The minimum Gasteiger partial charge on any atom is -0.481 e. The summed E-state index contributed by atoms with van der Waals surface area (Å²) in [4.78, 5) is 4.44. The molecule has 0 aliphatic heterocycles. The third-order valence-corrected chi connectivity index (χ3v) is 3.77. The molecule has 2 heterocycles. The first-order valence-corrected chi connectivity index (χ1v) is 6.80. The summed E-state index contributed by atoms with van der Waals surface area (Å²) in [6.07, 6.45) is 2.08. The third kappa shape index (κ3) is 2.36. The van der Waals surface area contributed by atoms with Crippen LogP contribution in [0, 0.1) is 0 Å². The lowest BCUT2D eigenvalue weighted by molar-refractivity contribution is 0.396. The van der Waals surface area contributed by atoms with Gasteiger partial charge in [0.25, 0.3) is 0 Å². The molecule has 0 fully saturated rings. The fourth-order valence-electron chi connectivity index (χ4n) is 2.16. The molecule has 0 bridgehead atoms. The molecule has 0 aliphatic carbocycles. The smallest absolute Gasteiger partial charge is 0.213 e. The van der Waals surface area contributed by atoms with Crippen molar-refractivity contribution in [1.82, 2.24) is 9.55 Å². The van der Waals surface area contributed by atoms with Crippen LogP contribution >= 0.6 is 15.9 Å². The predicted octanol–water partition coefficient (Wildman–Crippen LogP) is 3.86. The molecular formula is C15H13BrN2O. The molecule has 3 rings (SSSR count). The number of rotatable bonds is 3. The average Bonchev–Trinajstić information content (AvgIpc) is 2.84. The zero-order valence-corrected chi connectivity index (χ0v) is 12.1. The number of pyridine rings is 1. The Labute approximate surface area is 120 Å². The maximum Gasteiger partial charge on any atom is 0.213 e. The summed E-state index contributed by atoms with van der Waals surface area (Å²) in [7, 11) is 1.63. The van der Waals surface area contributed by atoms with E-state index in [0.717, 1.165) is 16.7 Å². The Morgan fingerprint density at radius 3 is 2.84 bits per heavy atom. The zero-order valence-electron chi connectivity index (χ0n) is 10.5. The van der Waals surface area contributed by atoms with E-state index in [-0.39, 0.29) is 0 Å². The number of ether oxygens (including phenoxy) is 1. The number of benzene rings is 1. The van der Waals surface area contributed by atoms with E-state index in [1.165, 1.54) is 10.9 Å². The topological polar surface area (TPSA) is 27.1 Å². The van der Waals surface area contributed by atoms with E-state index in [0.29, 0.717) is 5.88 Å². The van der Waals surface area contributed by atoms with Crippen LogP contribution in [0.25, 0.3) is 10.9 Å². The Kier molecular flexibility index (Phi) is 3.25. The largest absolute Gasteiger partial charge is 0.481 e. The number of nitrogens with zero attached hydrogens (tertiary/aromatic N) is 2. The molecule has 2 aromatic heterocycles. The van der Waals surface area contributed by atoms with Gasteiger partial charge in [0, 0.05) is 27.6 Å². The maximum absolute atomic E-state index is 5.15. The highest BCUT2D eigenvalue weighted by molar-refractivity contribution is 9.10. The standard InChI is InChI=1S/C15H13BrN2O/c1-19-15-7-2-4-11(17-15)10-18-9-8-12-13(16)5-3-6-14(12)18/h2-9H,10H2,1H3. The summed E-state index contributed by atoms with van der Waals surface area (Å²) >= 11 is 3.57. The molecule has 1 aromatic carbocycles. The highest BCUT2D eigenvalue weighted by atomic mass is 79.9. The minimum absolute atomic E-state index is 0.648. The van der Waals surface area contributed by atoms with E-state index in [1.54, 1.807) is 7.11 Å². The van der Waals surface area contributed by atoms with E-state index in [9.17, 15) is 0 Å². The molecule has 3 aromatic rings. The van der Waals surface area contributed by atoms with Gasteiger partial charge in [-0.05, 0) is 24.3 Å². The number of methoxy groups -OCH3 is 1. The Morgan fingerprint density at radius 1 is 1.16 bits per heavy atom. The molecule has 19 heavy (non-hydrogen) atoms. The quantitative estimate of drug-likeness (QED) is 0.733. The van der Waals surface area contributed by atoms with Crippen molar-refractivity contribution in [2.75, 3.05) is 7.11 Å². The molecule has 96 valence electrons. The number of aromatic nitrogens is 2. The summed E-state index contributed by atoms with van der Waals surface area (Å²) in [5, 5.41) is 1.21. The van der Waals surface area contributed by atoms with Crippen molar-refractivity contribution in [2.45, 2.75) is 6.54 Å². The highest BCUT2D eigenvalue weighted by Gasteiger charge is 2.05. The lowest BCUT2D eigenvalue weighted by Gasteiger charge is -2.06. The van der Waals surface area contributed by atoms with Gasteiger partial charge < -0.3 is 9.30 Å². The second-order valence-electron chi connectivity index (χ2n) is 4.29. The van der Waals surface area contributed by atoms with Gasteiger partial charge in [-0.25, -0.2) is 4.98 Å². The second kappa shape index (κ2) is 5.05. The average molecular weight is 317 g/mol. The summed E-state index contributed by atoms with van der Waals surface area (Å²) in [6, 6.07) is 14.1. The van der Waals surface area contributed by atoms with Crippen LogP contribution in [0.5, 0.6) is 5.88 Å². The molecule has 0 saturated heterocycles. The molecule has 0 N–H and O–H groups in total. The van der Waals surface area contributed by atoms with E-state index < -0.39 is 0 Å². The van der Waals surface area contributed by atoms with E-state index in [2.05, 4.69) is 49.9 Å². The third-order valence-electron chi connectivity index (χ3n) is 3.08. The Morgan fingerprint density at radius 2 is 2.00 bits per heavy atom. The Hall–Kier alpha value is -1.81. The summed E-state index contributed by atoms with van der Waals surface area (Å²) < 4.78 is 8.45. The van der Waals surface area contributed by atoms with Gasteiger partial charge in [0.05, 0.1) is 19.3 Å². The van der Waals surface area contributed by atoms with Crippen molar-refractivity contribution in [2.24, 2.45) is 0 Å². The van der Waals surface area contributed by atoms with Crippen molar-refractivity contribution in [3.05, 3.63) is 58.8 Å². The molecule has 4 heteroatoms. The number of hydrogen-bond acceptors (Lipinski definition) is 2. The Bertz CT molecular complexity index is 721. The molecule has 0 atom stereocenters. The van der Waals surface area contributed by atoms with Crippen LogP contribution in [-0.2, 0) is 6.54 Å². The van der Waals surface area contributed by atoms with Gasteiger partial charge in [-0.2, -0.15) is 0 Å². The number of hydrogen-bond donors (Lipinski definition) is 0. The van der Waals surface area contributed by atoms with Crippen LogP contribution < -0.4 is 4.74 Å². The fraction of sp³-hybridized carbons (Fsp3) is 0.133. The monoisotopic (exact) mass is 316 g/mol. The summed E-state index contributed by atoms with van der Waals surface area (Å²) in [5.41, 5.74) is 2.18. The van der Waals surface area contributed by atoms with Crippen LogP contribution in [0.2, 0.25) is 0 Å².